The van der Waals surface area contributed by atoms with Crippen LogP contribution < -0.4 is 11.2 Å². The Kier molecular flexibility index (Phi) is 5.40. The molecule has 1 N–H and O–H groups in total. The number of nitrogens with one attached hydrogen (secondary N) is 1. The maximum atomic E-state index is 12.7. The average molecular weight is 407 g/mol. The fourth-order valence-corrected chi connectivity index (χ4v) is 3.90. The van der Waals surface area contributed by atoms with Crippen molar-refractivity contribution in [2.24, 2.45) is 0 Å². The highest BCUT2D eigenvalue weighted by molar-refractivity contribution is 7.98. The second-order valence-corrected chi connectivity index (χ2v) is 7.70. The van der Waals surface area contributed by atoms with E-state index in [9.17, 15) is 9.59 Å². The molecular weight excluding hydrogens is 384 g/mol. The number of aromatic nitrogens is 4. The van der Waals surface area contributed by atoms with Gasteiger partial charge in [0.15, 0.2) is 11.2 Å². The Morgan fingerprint density at radius 2 is 1.72 bits per heavy atom. The number of imidazole rings is 1. The van der Waals surface area contributed by atoms with Crippen LogP contribution in [0.5, 0.6) is 0 Å². The van der Waals surface area contributed by atoms with Gasteiger partial charge >= 0.3 is 5.69 Å². The Hall–Kier alpha value is -3.06. The minimum absolute atomic E-state index is 0.348. The summed E-state index contributed by atoms with van der Waals surface area (Å²) in [5, 5.41) is 0. The largest absolute Gasteiger partial charge is 0.330 e. The van der Waals surface area contributed by atoms with Crippen LogP contribution in [0.25, 0.3) is 22.6 Å². The Morgan fingerprint density at radius 1 is 1.00 bits per heavy atom. The van der Waals surface area contributed by atoms with Crippen molar-refractivity contribution in [2.75, 3.05) is 6.26 Å². The molecule has 0 aliphatic rings. The number of fused-ring (bicyclic) bond motifs is 1. The van der Waals surface area contributed by atoms with Crippen molar-refractivity contribution < 1.29 is 0 Å². The molecule has 0 bridgehead atoms. The summed E-state index contributed by atoms with van der Waals surface area (Å²) in [5.74, 6) is 0.701. The van der Waals surface area contributed by atoms with E-state index in [0.29, 0.717) is 30.1 Å². The predicted molar refractivity (Wildman–Crippen MR) is 118 cm³/mol. The van der Waals surface area contributed by atoms with Crippen molar-refractivity contribution in [1.29, 1.82) is 0 Å². The van der Waals surface area contributed by atoms with Gasteiger partial charge in [-0.2, -0.15) is 0 Å². The smallest absolute Gasteiger partial charge is 0.318 e. The van der Waals surface area contributed by atoms with Crippen LogP contribution >= 0.6 is 11.8 Å². The van der Waals surface area contributed by atoms with E-state index in [2.05, 4.69) is 11.9 Å². The normalized spacial score (nSPS) is 11.2. The number of H-pyrrole nitrogens is 1. The second-order valence-electron chi connectivity index (χ2n) is 6.82. The molecular formula is C22H22N4O2S. The molecule has 148 valence electrons. The highest BCUT2D eigenvalue weighted by Crippen LogP contribution is 2.25. The molecule has 0 amide bonds. The third kappa shape index (κ3) is 3.65. The molecule has 6 nitrogen and oxygen atoms in total. The van der Waals surface area contributed by atoms with Crippen molar-refractivity contribution >= 4 is 22.9 Å². The number of hydrogen-bond acceptors (Lipinski definition) is 4. The van der Waals surface area contributed by atoms with Gasteiger partial charge in [0.1, 0.15) is 5.82 Å². The Labute approximate surface area is 172 Å². The van der Waals surface area contributed by atoms with Crippen molar-refractivity contribution in [3.05, 3.63) is 81.0 Å². The zero-order chi connectivity index (χ0) is 20.4. The number of thioether (sulfide) groups is 1. The number of hydrogen-bond donors (Lipinski definition) is 1. The molecule has 0 unspecified atom stereocenters. The molecule has 2 aromatic heterocycles. The molecule has 0 saturated carbocycles. The Balaban J connectivity index is 1.96. The van der Waals surface area contributed by atoms with Gasteiger partial charge in [0.25, 0.3) is 5.56 Å². The maximum absolute atomic E-state index is 12.7. The summed E-state index contributed by atoms with van der Waals surface area (Å²) in [6.07, 6.45) is 2.88. The summed E-state index contributed by atoms with van der Waals surface area (Å²) in [7, 11) is 0. The monoisotopic (exact) mass is 406 g/mol. The van der Waals surface area contributed by atoms with Crippen LogP contribution in [-0.4, -0.2) is 25.4 Å². The van der Waals surface area contributed by atoms with Gasteiger partial charge in [-0.15, -0.1) is 11.8 Å². The van der Waals surface area contributed by atoms with Crippen LogP contribution in [0.15, 0.2) is 69.1 Å². The van der Waals surface area contributed by atoms with Gasteiger partial charge in [0.05, 0.1) is 6.54 Å². The number of nitrogens with zero attached hydrogens (tertiary/aromatic N) is 3. The van der Waals surface area contributed by atoms with E-state index in [1.165, 1.54) is 4.57 Å². The first-order valence-electron chi connectivity index (χ1n) is 9.54. The van der Waals surface area contributed by atoms with E-state index in [1.54, 1.807) is 11.8 Å². The molecule has 2 aromatic carbocycles. The van der Waals surface area contributed by atoms with Gasteiger partial charge in [-0.05, 0) is 30.4 Å². The second kappa shape index (κ2) is 8.13. The highest BCUT2D eigenvalue weighted by atomic mass is 32.2. The lowest BCUT2D eigenvalue weighted by atomic mass is 10.2. The van der Waals surface area contributed by atoms with E-state index in [1.807, 2.05) is 65.4 Å². The molecule has 2 heterocycles. The Bertz CT molecular complexity index is 1250. The van der Waals surface area contributed by atoms with Crippen molar-refractivity contribution in [2.45, 2.75) is 31.3 Å². The van der Waals surface area contributed by atoms with Crippen LogP contribution in [0.3, 0.4) is 0 Å². The van der Waals surface area contributed by atoms with Gasteiger partial charge in [0, 0.05) is 17.0 Å². The molecule has 0 saturated heterocycles. The van der Waals surface area contributed by atoms with Crippen LogP contribution in [0.1, 0.15) is 18.9 Å². The fraction of sp³-hybridized carbons (Fsp3) is 0.227. The number of benzene rings is 2. The summed E-state index contributed by atoms with van der Waals surface area (Å²) in [6.45, 7) is 3.05. The van der Waals surface area contributed by atoms with E-state index < -0.39 is 11.2 Å². The number of aromatic amines is 1. The first-order valence-corrected chi connectivity index (χ1v) is 10.8. The maximum Gasteiger partial charge on any atom is 0.330 e. The predicted octanol–water partition coefficient (Wildman–Crippen LogP) is 3.73. The minimum atomic E-state index is -0.447. The number of rotatable bonds is 6. The van der Waals surface area contributed by atoms with Gasteiger partial charge in [-0.1, -0.05) is 49.4 Å². The molecule has 0 radical (unpaired) electrons. The summed E-state index contributed by atoms with van der Waals surface area (Å²) >= 11 is 1.67. The summed E-state index contributed by atoms with van der Waals surface area (Å²) in [6, 6.07) is 17.8. The van der Waals surface area contributed by atoms with Gasteiger partial charge < -0.3 is 4.57 Å². The van der Waals surface area contributed by atoms with E-state index >= 15 is 0 Å². The summed E-state index contributed by atoms with van der Waals surface area (Å²) in [4.78, 5) is 33.7. The third-order valence-corrected chi connectivity index (χ3v) is 5.61. The minimum Gasteiger partial charge on any atom is -0.318 e. The lowest BCUT2D eigenvalue weighted by Gasteiger charge is -2.08. The van der Waals surface area contributed by atoms with Crippen LogP contribution in [0.2, 0.25) is 0 Å². The van der Waals surface area contributed by atoms with Gasteiger partial charge in [-0.25, -0.2) is 9.78 Å². The van der Waals surface area contributed by atoms with Crippen LogP contribution in [0, 0.1) is 0 Å². The lowest BCUT2D eigenvalue weighted by molar-refractivity contribution is 0.697. The topological polar surface area (TPSA) is 72.7 Å². The van der Waals surface area contributed by atoms with Crippen LogP contribution in [0.4, 0.5) is 0 Å². The number of aryl methyl sites for hydroxylation is 1. The van der Waals surface area contributed by atoms with Crippen molar-refractivity contribution in [3.63, 3.8) is 0 Å². The molecule has 0 atom stereocenters. The average Bonchev–Trinajstić information content (AvgIpc) is 3.12. The molecule has 7 heteroatoms. The molecule has 0 aliphatic heterocycles. The molecule has 4 rings (SSSR count). The third-order valence-electron chi connectivity index (χ3n) is 4.86. The SMILES string of the molecule is CCCn1c(-c2ccc(SC)cc2)nc2c1c(=O)[nH]c(=O)n2Cc1ccccc1. The van der Waals surface area contributed by atoms with Crippen molar-refractivity contribution in [3.8, 4) is 11.4 Å². The molecule has 0 aliphatic carbocycles. The summed E-state index contributed by atoms with van der Waals surface area (Å²) in [5.41, 5.74) is 1.90. The standard InChI is InChI=1S/C22H22N4O2S/c1-3-13-25-18-20(23-19(25)16-9-11-17(29-2)12-10-16)26(22(28)24-21(18)27)14-15-7-5-4-6-8-15/h4-12H,3,13-14H2,1-2H3,(H,24,27,28). The van der Waals surface area contributed by atoms with Crippen LogP contribution in [-0.2, 0) is 13.1 Å². The summed E-state index contributed by atoms with van der Waals surface area (Å²) < 4.78 is 3.46. The molecule has 4 aromatic rings. The Morgan fingerprint density at radius 3 is 2.38 bits per heavy atom. The zero-order valence-electron chi connectivity index (χ0n) is 16.4. The zero-order valence-corrected chi connectivity index (χ0v) is 17.2. The van der Waals surface area contributed by atoms with E-state index in [0.717, 1.165) is 22.4 Å². The van der Waals surface area contributed by atoms with E-state index in [-0.39, 0.29) is 0 Å². The first kappa shape index (κ1) is 19.3. The highest BCUT2D eigenvalue weighted by Gasteiger charge is 2.19. The lowest BCUT2D eigenvalue weighted by Crippen LogP contribution is -2.31. The van der Waals surface area contributed by atoms with E-state index in [4.69, 9.17) is 4.98 Å². The van der Waals surface area contributed by atoms with Gasteiger partial charge in [-0.3, -0.25) is 14.3 Å². The fourth-order valence-electron chi connectivity index (χ4n) is 3.49. The van der Waals surface area contributed by atoms with Gasteiger partial charge in [0.2, 0.25) is 0 Å². The quantitative estimate of drug-likeness (QED) is 0.495. The molecule has 0 spiro atoms. The molecule has 0 fully saturated rings. The van der Waals surface area contributed by atoms with Crippen molar-refractivity contribution in [1.82, 2.24) is 19.1 Å². The first-order chi connectivity index (χ1) is 14.1. The molecule has 29 heavy (non-hydrogen) atoms.